The number of alkyl halides is 3. The molecule has 3 heterocycles. The first-order chi connectivity index (χ1) is 10.3. The van der Waals surface area contributed by atoms with Crippen LogP contribution in [0.4, 0.5) is 13.2 Å². The number of thiophene rings is 1. The van der Waals surface area contributed by atoms with Gasteiger partial charge in [0.1, 0.15) is 10.5 Å². The average Bonchev–Trinajstić information content (AvgIpc) is 2.77. The van der Waals surface area contributed by atoms with Crippen LogP contribution in [0.2, 0.25) is 0 Å². The molecule has 2 aliphatic rings. The monoisotopic (exact) mass is 335 g/mol. The molecule has 1 fully saturated rings. The molecule has 1 spiro atoms. The molecule has 1 unspecified atom stereocenters. The van der Waals surface area contributed by atoms with Gasteiger partial charge in [-0.05, 0) is 38.7 Å². The van der Waals surface area contributed by atoms with E-state index in [2.05, 4.69) is 5.32 Å². The summed E-state index contributed by atoms with van der Waals surface area (Å²) in [5, 5.41) is 12.9. The second kappa shape index (κ2) is 5.47. The number of aliphatic hydroxyl groups is 1. The van der Waals surface area contributed by atoms with Gasteiger partial charge in [0, 0.05) is 22.5 Å². The molecule has 3 nitrogen and oxygen atoms in total. The molecule has 0 radical (unpaired) electrons. The second-order valence-corrected chi connectivity index (χ2v) is 7.36. The molecule has 7 heteroatoms. The molecule has 2 N–H and O–H groups in total. The SMILES string of the molecule is C[C@@H]1CC2(C[C@H](C)N1)OCCc1c2sc(C(F)(F)F)c1CO. The number of ether oxygens (including phenoxy) is 1. The Kier molecular flexibility index (Phi) is 4.04. The zero-order valence-electron chi connectivity index (χ0n) is 12.6. The van der Waals surface area contributed by atoms with Crippen molar-refractivity contribution in [3.63, 3.8) is 0 Å². The van der Waals surface area contributed by atoms with Crippen molar-refractivity contribution >= 4 is 11.3 Å². The highest BCUT2D eigenvalue weighted by Crippen LogP contribution is 2.51. The third-order valence-electron chi connectivity index (χ3n) is 4.52. The Bertz CT molecular complexity index is 560. The first kappa shape index (κ1) is 16.2. The Hall–Kier alpha value is -0.630. The summed E-state index contributed by atoms with van der Waals surface area (Å²) < 4.78 is 45.9. The van der Waals surface area contributed by atoms with Crippen LogP contribution < -0.4 is 5.32 Å². The van der Waals surface area contributed by atoms with Crippen molar-refractivity contribution in [2.24, 2.45) is 0 Å². The van der Waals surface area contributed by atoms with Crippen molar-refractivity contribution in [3.8, 4) is 0 Å². The smallest absolute Gasteiger partial charge is 0.392 e. The van der Waals surface area contributed by atoms with Gasteiger partial charge in [-0.25, -0.2) is 0 Å². The molecule has 1 aromatic heterocycles. The largest absolute Gasteiger partial charge is 0.425 e. The molecule has 3 rings (SSSR count). The third-order valence-corrected chi connectivity index (χ3v) is 6.02. The topological polar surface area (TPSA) is 41.5 Å². The first-order valence-corrected chi connectivity index (χ1v) is 8.31. The van der Waals surface area contributed by atoms with Gasteiger partial charge in [-0.2, -0.15) is 13.2 Å². The fourth-order valence-electron chi connectivity index (χ4n) is 3.92. The minimum absolute atomic E-state index is 0.0500. The summed E-state index contributed by atoms with van der Waals surface area (Å²) in [6, 6.07) is 0.368. The van der Waals surface area contributed by atoms with E-state index < -0.39 is 23.3 Å². The van der Waals surface area contributed by atoms with E-state index in [1.54, 1.807) is 0 Å². The standard InChI is InChI=1S/C15H20F3NO2S/c1-8-5-14(6-9(2)19-8)12-10(3-4-21-14)11(7-20)13(22-12)15(16,17)18/h8-9,19-20H,3-7H2,1-2H3/t8-,9+,14?. The molecule has 0 amide bonds. The lowest BCUT2D eigenvalue weighted by Gasteiger charge is -2.45. The van der Waals surface area contributed by atoms with Crippen molar-refractivity contribution in [1.82, 2.24) is 5.32 Å². The molecule has 0 saturated carbocycles. The summed E-state index contributed by atoms with van der Waals surface area (Å²) in [6.45, 7) is 3.90. The number of piperidine rings is 1. The van der Waals surface area contributed by atoms with Crippen LogP contribution in [0.25, 0.3) is 0 Å². The summed E-state index contributed by atoms with van der Waals surface area (Å²) in [6.07, 6.45) is -2.67. The quantitative estimate of drug-likeness (QED) is 0.828. The lowest BCUT2D eigenvalue weighted by molar-refractivity contribution is -0.135. The minimum Gasteiger partial charge on any atom is -0.392 e. The number of hydrogen-bond acceptors (Lipinski definition) is 4. The van der Waals surface area contributed by atoms with E-state index in [0.717, 1.165) is 11.3 Å². The Labute approximate surface area is 131 Å². The van der Waals surface area contributed by atoms with Crippen molar-refractivity contribution in [3.05, 3.63) is 20.9 Å². The fourth-order valence-corrected chi connectivity index (χ4v) is 5.31. The van der Waals surface area contributed by atoms with E-state index >= 15 is 0 Å². The zero-order valence-corrected chi connectivity index (χ0v) is 13.4. The highest BCUT2D eigenvalue weighted by Gasteiger charge is 2.48. The van der Waals surface area contributed by atoms with Crippen LogP contribution in [0.3, 0.4) is 0 Å². The Morgan fingerprint density at radius 2 is 1.95 bits per heavy atom. The fraction of sp³-hybridized carbons (Fsp3) is 0.733. The Morgan fingerprint density at radius 3 is 2.50 bits per heavy atom. The summed E-state index contributed by atoms with van der Waals surface area (Å²) in [4.78, 5) is 0.0130. The molecule has 22 heavy (non-hydrogen) atoms. The highest BCUT2D eigenvalue weighted by atomic mass is 32.1. The van der Waals surface area contributed by atoms with E-state index in [4.69, 9.17) is 4.74 Å². The number of nitrogens with one attached hydrogen (secondary N) is 1. The molecule has 3 atom stereocenters. The van der Waals surface area contributed by atoms with Crippen molar-refractivity contribution in [1.29, 1.82) is 0 Å². The maximum atomic E-state index is 13.3. The lowest BCUT2D eigenvalue weighted by atomic mass is 9.79. The summed E-state index contributed by atoms with van der Waals surface area (Å²) in [5.41, 5.74) is 0.0665. The molecule has 2 aliphatic heterocycles. The van der Waals surface area contributed by atoms with Crippen LogP contribution in [-0.4, -0.2) is 23.8 Å². The summed E-state index contributed by atoms with van der Waals surface area (Å²) >= 11 is 0.765. The van der Waals surface area contributed by atoms with Gasteiger partial charge in [0.25, 0.3) is 0 Å². The van der Waals surface area contributed by atoms with Crippen LogP contribution in [-0.2, 0) is 29.5 Å². The summed E-state index contributed by atoms with van der Waals surface area (Å²) in [7, 11) is 0. The molecule has 0 bridgehead atoms. The maximum absolute atomic E-state index is 13.3. The predicted molar refractivity (Wildman–Crippen MR) is 77.9 cm³/mol. The third kappa shape index (κ3) is 2.58. The lowest BCUT2D eigenvalue weighted by Crippen LogP contribution is -2.52. The normalized spacial score (nSPS) is 32.3. The molecule has 1 saturated heterocycles. The van der Waals surface area contributed by atoms with Crippen LogP contribution in [0.1, 0.15) is 47.6 Å². The predicted octanol–water partition coefficient (Wildman–Crippen LogP) is 3.19. The van der Waals surface area contributed by atoms with Crippen molar-refractivity contribution in [2.45, 2.75) is 63.6 Å². The van der Waals surface area contributed by atoms with E-state index in [0.29, 0.717) is 36.3 Å². The van der Waals surface area contributed by atoms with Gasteiger partial charge in [0.05, 0.1) is 13.2 Å². The molecule has 0 aromatic carbocycles. The second-order valence-electron chi connectivity index (χ2n) is 6.34. The van der Waals surface area contributed by atoms with Crippen LogP contribution in [0, 0.1) is 0 Å². The number of hydrogen-bond donors (Lipinski definition) is 2. The molecular formula is C15H20F3NO2S. The number of rotatable bonds is 1. The Balaban J connectivity index is 2.12. The number of halogens is 3. The maximum Gasteiger partial charge on any atom is 0.425 e. The molecule has 0 aliphatic carbocycles. The van der Waals surface area contributed by atoms with E-state index in [1.165, 1.54) is 0 Å². The van der Waals surface area contributed by atoms with Gasteiger partial charge in [-0.3, -0.25) is 0 Å². The van der Waals surface area contributed by atoms with Gasteiger partial charge in [-0.1, -0.05) is 0 Å². The van der Waals surface area contributed by atoms with E-state index in [-0.39, 0.29) is 17.6 Å². The van der Waals surface area contributed by atoms with Gasteiger partial charge in [0.2, 0.25) is 0 Å². The van der Waals surface area contributed by atoms with Crippen LogP contribution in [0.5, 0.6) is 0 Å². The van der Waals surface area contributed by atoms with Gasteiger partial charge >= 0.3 is 6.18 Å². The molecule has 1 aromatic rings. The van der Waals surface area contributed by atoms with E-state index in [1.807, 2.05) is 13.8 Å². The molecule has 124 valence electrons. The number of fused-ring (bicyclic) bond motifs is 2. The summed E-state index contributed by atoms with van der Waals surface area (Å²) in [5.74, 6) is 0. The van der Waals surface area contributed by atoms with E-state index in [9.17, 15) is 18.3 Å². The van der Waals surface area contributed by atoms with Crippen LogP contribution >= 0.6 is 11.3 Å². The average molecular weight is 335 g/mol. The highest BCUT2D eigenvalue weighted by molar-refractivity contribution is 7.12. The van der Waals surface area contributed by atoms with Gasteiger partial charge in [-0.15, -0.1) is 11.3 Å². The zero-order chi connectivity index (χ0) is 16.1. The minimum atomic E-state index is -4.43. The molecular weight excluding hydrogens is 315 g/mol. The van der Waals surface area contributed by atoms with Crippen molar-refractivity contribution in [2.75, 3.05) is 6.61 Å². The first-order valence-electron chi connectivity index (χ1n) is 7.50. The number of aliphatic hydroxyl groups excluding tert-OH is 1. The van der Waals surface area contributed by atoms with Gasteiger partial charge in [0.15, 0.2) is 0 Å². The van der Waals surface area contributed by atoms with Crippen LogP contribution in [0.15, 0.2) is 0 Å². The van der Waals surface area contributed by atoms with Gasteiger partial charge < -0.3 is 15.2 Å². The Morgan fingerprint density at radius 1 is 1.32 bits per heavy atom. The van der Waals surface area contributed by atoms with Crippen molar-refractivity contribution < 1.29 is 23.0 Å².